The minimum atomic E-state index is -0.777. The molecule has 0 saturated heterocycles. The molecule has 0 fully saturated rings. The van der Waals surface area contributed by atoms with Gasteiger partial charge in [0.1, 0.15) is 0 Å². The van der Waals surface area contributed by atoms with Gasteiger partial charge in [-0.1, -0.05) is 37.6 Å². The van der Waals surface area contributed by atoms with Crippen LogP contribution in [0.15, 0.2) is 24.3 Å². The first-order valence-electron chi connectivity index (χ1n) is 6.28. The van der Waals surface area contributed by atoms with Crippen LogP contribution in [0.25, 0.3) is 0 Å². The van der Waals surface area contributed by atoms with Crippen molar-refractivity contribution in [3.05, 3.63) is 34.9 Å². The molecule has 0 aromatic heterocycles. The van der Waals surface area contributed by atoms with Crippen LogP contribution in [0.1, 0.15) is 45.2 Å². The number of hydrogen-bond acceptors (Lipinski definition) is 2. The summed E-state index contributed by atoms with van der Waals surface area (Å²) >= 11 is 5.83. The van der Waals surface area contributed by atoms with Crippen LogP contribution in [-0.4, -0.2) is 11.4 Å². The molecule has 4 heteroatoms. The Morgan fingerprint density at radius 2 is 1.83 bits per heavy atom. The second kappa shape index (κ2) is 6.21. The van der Waals surface area contributed by atoms with Crippen LogP contribution in [0.2, 0.25) is 5.02 Å². The summed E-state index contributed by atoms with van der Waals surface area (Å²) < 4.78 is 0. The molecule has 3 nitrogen and oxygen atoms in total. The number of carbonyl (C=O) groups excluding carboxylic acids is 1. The Hall–Kier alpha value is -1.06. The molecule has 0 bridgehead atoms. The lowest BCUT2D eigenvalue weighted by molar-refractivity contribution is -0.127. The van der Waals surface area contributed by atoms with Crippen LogP contribution in [0.5, 0.6) is 0 Å². The molecule has 1 unspecified atom stereocenters. The van der Waals surface area contributed by atoms with Gasteiger partial charge in [-0.15, -0.1) is 0 Å². The highest BCUT2D eigenvalue weighted by Crippen LogP contribution is 2.18. The van der Waals surface area contributed by atoms with Crippen LogP contribution < -0.4 is 11.1 Å². The van der Waals surface area contributed by atoms with Crippen molar-refractivity contribution in [2.24, 2.45) is 5.73 Å². The van der Waals surface area contributed by atoms with Crippen molar-refractivity contribution >= 4 is 17.5 Å². The Labute approximate surface area is 114 Å². The van der Waals surface area contributed by atoms with Gasteiger partial charge in [-0.3, -0.25) is 4.79 Å². The molecule has 0 spiro atoms. The summed E-state index contributed by atoms with van der Waals surface area (Å²) in [6.45, 7) is 5.79. The van der Waals surface area contributed by atoms with Gasteiger partial charge in [-0.2, -0.15) is 0 Å². The van der Waals surface area contributed by atoms with Crippen molar-refractivity contribution in [3.63, 3.8) is 0 Å². The monoisotopic (exact) mass is 268 g/mol. The average Bonchev–Trinajstić information content (AvgIpc) is 2.38. The topological polar surface area (TPSA) is 55.1 Å². The van der Waals surface area contributed by atoms with E-state index in [4.69, 9.17) is 17.3 Å². The average molecular weight is 269 g/mol. The fourth-order valence-corrected chi connectivity index (χ4v) is 1.87. The number of benzene rings is 1. The van der Waals surface area contributed by atoms with Crippen molar-refractivity contribution < 1.29 is 4.79 Å². The molecule has 1 aromatic carbocycles. The highest BCUT2D eigenvalue weighted by molar-refractivity contribution is 6.30. The van der Waals surface area contributed by atoms with Crippen molar-refractivity contribution in [3.8, 4) is 0 Å². The Morgan fingerprint density at radius 1 is 1.33 bits per heavy atom. The molecule has 100 valence electrons. The van der Waals surface area contributed by atoms with Crippen LogP contribution in [0.4, 0.5) is 0 Å². The van der Waals surface area contributed by atoms with E-state index in [1.54, 1.807) is 0 Å². The fraction of sp³-hybridized carbons (Fsp3) is 0.500. The zero-order valence-corrected chi connectivity index (χ0v) is 11.9. The number of carbonyl (C=O) groups is 1. The molecule has 1 atom stereocenters. The van der Waals surface area contributed by atoms with Gasteiger partial charge in [-0.05, 0) is 37.5 Å². The SMILES string of the molecule is CCC(N)(CC)C(=O)NC(C)c1ccc(Cl)cc1. The lowest BCUT2D eigenvalue weighted by atomic mass is 9.92. The Balaban J connectivity index is 2.73. The quantitative estimate of drug-likeness (QED) is 0.862. The van der Waals surface area contributed by atoms with E-state index in [9.17, 15) is 4.79 Å². The largest absolute Gasteiger partial charge is 0.348 e. The standard InChI is InChI=1S/C14H21ClN2O/c1-4-14(16,5-2)13(18)17-10(3)11-6-8-12(15)9-7-11/h6-10H,4-5,16H2,1-3H3,(H,17,18). The number of halogens is 1. The van der Waals surface area contributed by atoms with E-state index in [0.717, 1.165) is 5.56 Å². The van der Waals surface area contributed by atoms with Crippen molar-refractivity contribution in [2.45, 2.75) is 45.2 Å². The van der Waals surface area contributed by atoms with Crippen LogP contribution in [-0.2, 0) is 4.79 Å². The molecule has 0 aliphatic carbocycles. The molecule has 1 amide bonds. The zero-order valence-electron chi connectivity index (χ0n) is 11.2. The summed E-state index contributed by atoms with van der Waals surface area (Å²) in [5, 5.41) is 3.64. The maximum atomic E-state index is 12.1. The lowest BCUT2D eigenvalue weighted by Gasteiger charge is -2.27. The number of rotatable bonds is 5. The van der Waals surface area contributed by atoms with Gasteiger partial charge < -0.3 is 11.1 Å². The van der Waals surface area contributed by atoms with E-state index in [1.807, 2.05) is 45.0 Å². The molecule has 0 radical (unpaired) electrons. The van der Waals surface area contributed by atoms with Crippen LogP contribution in [0, 0.1) is 0 Å². The number of hydrogen-bond donors (Lipinski definition) is 2. The number of nitrogens with one attached hydrogen (secondary N) is 1. The van der Waals surface area contributed by atoms with Crippen molar-refractivity contribution in [1.29, 1.82) is 0 Å². The number of amides is 1. The third-order valence-electron chi connectivity index (χ3n) is 3.43. The highest BCUT2D eigenvalue weighted by atomic mass is 35.5. The van der Waals surface area contributed by atoms with Crippen molar-refractivity contribution in [2.75, 3.05) is 0 Å². The smallest absolute Gasteiger partial charge is 0.240 e. The molecule has 3 N–H and O–H groups in total. The second-order valence-corrected chi connectivity index (χ2v) is 5.05. The van der Waals surface area contributed by atoms with E-state index in [1.165, 1.54) is 0 Å². The second-order valence-electron chi connectivity index (χ2n) is 4.61. The minimum Gasteiger partial charge on any atom is -0.348 e. The molecule has 1 rings (SSSR count). The molecule has 1 aromatic rings. The third kappa shape index (κ3) is 3.47. The maximum Gasteiger partial charge on any atom is 0.240 e. The molecule has 0 saturated carbocycles. The first kappa shape index (κ1) is 15.0. The predicted molar refractivity (Wildman–Crippen MR) is 75.5 cm³/mol. The summed E-state index contributed by atoms with van der Waals surface area (Å²) in [7, 11) is 0. The summed E-state index contributed by atoms with van der Waals surface area (Å²) in [6, 6.07) is 7.37. The number of nitrogens with two attached hydrogens (primary N) is 1. The van der Waals surface area contributed by atoms with Gasteiger partial charge in [0.25, 0.3) is 0 Å². The Bertz CT molecular complexity index is 399. The van der Waals surface area contributed by atoms with E-state index in [2.05, 4.69) is 5.32 Å². The Kier molecular flexibility index (Phi) is 5.17. The predicted octanol–water partition coefficient (Wildman–Crippen LogP) is 3.03. The van der Waals surface area contributed by atoms with Gasteiger partial charge in [0.05, 0.1) is 11.6 Å². The first-order chi connectivity index (χ1) is 8.42. The molecular formula is C14H21ClN2O. The normalized spacial score (nSPS) is 13.2. The molecule has 0 aliphatic rings. The van der Waals surface area contributed by atoms with Crippen LogP contribution >= 0.6 is 11.6 Å². The van der Waals surface area contributed by atoms with Crippen LogP contribution in [0.3, 0.4) is 0 Å². The third-order valence-corrected chi connectivity index (χ3v) is 3.68. The molecular weight excluding hydrogens is 248 g/mol. The molecule has 18 heavy (non-hydrogen) atoms. The summed E-state index contributed by atoms with van der Waals surface area (Å²) in [6.07, 6.45) is 1.26. The van der Waals surface area contributed by atoms with E-state index in [-0.39, 0.29) is 11.9 Å². The lowest BCUT2D eigenvalue weighted by Crippen LogP contribution is -2.53. The fourth-order valence-electron chi connectivity index (χ4n) is 1.75. The molecule has 0 heterocycles. The first-order valence-corrected chi connectivity index (χ1v) is 6.66. The van der Waals surface area contributed by atoms with Gasteiger partial charge in [0, 0.05) is 5.02 Å². The summed E-state index contributed by atoms with van der Waals surface area (Å²) in [5.41, 5.74) is 6.30. The van der Waals surface area contributed by atoms with Crippen molar-refractivity contribution in [1.82, 2.24) is 5.32 Å². The summed E-state index contributed by atoms with van der Waals surface area (Å²) in [4.78, 5) is 12.1. The zero-order chi connectivity index (χ0) is 13.8. The Morgan fingerprint density at radius 3 is 2.28 bits per heavy atom. The van der Waals surface area contributed by atoms with E-state index in [0.29, 0.717) is 17.9 Å². The van der Waals surface area contributed by atoms with E-state index >= 15 is 0 Å². The van der Waals surface area contributed by atoms with Gasteiger partial charge in [-0.25, -0.2) is 0 Å². The minimum absolute atomic E-state index is 0.0733. The van der Waals surface area contributed by atoms with Gasteiger partial charge in [0.15, 0.2) is 0 Å². The van der Waals surface area contributed by atoms with Gasteiger partial charge >= 0.3 is 0 Å². The van der Waals surface area contributed by atoms with Gasteiger partial charge in [0.2, 0.25) is 5.91 Å². The van der Waals surface area contributed by atoms with E-state index < -0.39 is 5.54 Å². The molecule has 0 aliphatic heterocycles. The maximum absolute atomic E-state index is 12.1. The summed E-state index contributed by atoms with van der Waals surface area (Å²) in [5.74, 6) is -0.102. The highest BCUT2D eigenvalue weighted by Gasteiger charge is 2.30.